The quantitative estimate of drug-likeness (QED) is 0.641. The first-order chi connectivity index (χ1) is 8.82. The molecule has 1 aromatic carbocycles. The summed E-state index contributed by atoms with van der Waals surface area (Å²) >= 11 is 0. The Kier molecular flexibility index (Phi) is 3.34. The minimum atomic E-state index is -4.38. The molecular weight excluding hydrogens is 270 g/mol. The van der Waals surface area contributed by atoms with Gasteiger partial charge in [-0.15, -0.1) is 6.58 Å². The molecule has 0 aliphatic carbocycles. The molecule has 1 amide bonds. The highest BCUT2D eigenvalue weighted by Gasteiger charge is 2.31. The lowest BCUT2D eigenvalue weighted by Gasteiger charge is -2.18. The van der Waals surface area contributed by atoms with E-state index in [2.05, 4.69) is 6.58 Å². The Morgan fingerprint density at radius 2 is 2.11 bits per heavy atom. The molecule has 1 atom stereocenters. The molecule has 7 heteroatoms. The molecule has 1 fully saturated rings. The standard InChI is InChI=1S/C12H13NO5S/c1-2-8-5-12(15)13(7-8)10-6-9(19(16,17)18)3-4-11(10)14/h2-4,6,8,14H,1,5,7H2,(H,16,17,18). The van der Waals surface area contributed by atoms with E-state index in [1.165, 1.54) is 4.90 Å². The molecule has 19 heavy (non-hydrogen) atoms. The SMILES string of the molecule is C=CC1CC(=O)N(c2cc(S(=O)(=O)O)ccc2O)C1. The summed E-state index contributed by atoms with van der Waals surface area (Å²) in [5.41, 5.74) is 0.0736. The summed E-state index contributed by atoms with van der Waals surface area (Å²) in [6.07, 6.45) is 1.90. The molecule has 0 radical (unpaired) electrons. The first kappa shape index (κ1) is 13.6. The Labute approximate surface area is 110 Å². The van der Waals surface area contributed by atoms with E-state index in [4.69, 9.17) is 4.55 Å². The van der Waals surface area contributed by atoms with E-state index in [0.717, 1.165) is 18.2 Å². The number of hydrogen-bond donors (Lipinski definition) is 2. The Morgan fingerprint density at radius 3 is 2.63 bits per heavy atom. The number of hydrogen-bond acceptors (Lipinski definition) is 4. The third-order valence-electron chi connectivity index (χ3n) is 3.02. The van der Waals surface area contributed by atoms with Gasteiger partial charge in [-0.2, -0.15) is 8.42 Å². The molecule has 1 saturated heterocycles. The second kappa shape index (κ2) is 4.67. The maximum atomic E-state index is 11.8. The Bertz CT molecular complexity index is 638. The monoisotopic (exact) mass is 283 g/mol. The van der Waals surface area contributed by atoms with E-state index >= 15 is 0 Å². The number of carbonyl (C=O) groups is 1. The number of anilines is 1. The van der Waals surface area contributed by atoms with Crippen molar-refractivity contribution in [3.8, 4) is 5.75 Å². The van der Waals surface area contributed by atoms with Crippen LogP contribution in [-0.2, 0) is 14.9 Å². The van der Waals surface area contributed by atoms with Crippen LogP contribution >= 0.6 is 0 Å². The van der Waals surface area contributed by atoms with Gasteiger partial charge in [-0.25, -0.2) is 0 Å². The molecule has 1 heterocycles. The van der Waals surface area contributed by atoms with Crippen molar-refractivity contribution in [2.24, 2.45) is 5.92 Å². The Morgan fingerprint density at radius 1 is 1.42 bits per heavy atom. The second-order valence-corrected chi connectivity index (χ2v) is 5.75. The molecule has 102 valence electrons. The summed E-state index contributed by atoms with van der Waals surface area (Å²) in [7, 11) is -4.38. The third kappa shape index (κ3) is 2.61. The molecule has 1 aliphatic heterocycles. The predicted molar refractivity (Wildman–Crippen MR) is 68.6 cm³/mol. The van der Waals surface area contributed by atoms with E-state index in [1.54, 1.807) is 6.08 Å². The molecule has 0 aromatic heterocycles. The number of aromatic hydroxyl groups is 1. The van der Waals surface area contributed by atoms with E-state index in [1.807, 2.05) is 0 Å². The van der Waals surface area contributed by atoms with Crippen molar-refractivity contribution in [2.75, 3.05) is 11.4 Å². The van der Waals surface area contributed by atoms with Crippen LogP contribution in [0.1, 0.15) is 6.42 Å². The van der Waals surface area contributed by atoms with Gasteiger partial charge in [0.25, 0.3) is 10.1 Å². The molecule has 1 aliphatic rings. The van der Waals surface area contributed by atoms with Gasteiger partial charge in [0.15, 0.2) is 0 Å². The number of amides is 1. The summed E-state index contributed by atoms with van der Waals surface area (Å²) in [5.74, 6) is -0.487. The first-order valence-corrected chi connectivity index (χ1v) is 7.00. The number of phenolic OH excluding ortho intramolecular Hbond substituents is 1. The predicted octanol–water partition coefficient (Wildman–Crippen LogP) is 1.18. The maximum Gasteiger partial charge on any atom is 0.294 e. The lowest BCUT2D eigenvalue weighted by atomic mass is 10.1. The number of benzene rings is 1. The lowest BCUT2D eigenvalue weighted by Crippen LogP contribution is -2.24. The van der Waals surface area contributed by atoms with Crippen molar-refractivity contribution in [1.29, 1.82) is 0 Å². The van der Waals surface area contributed by atoms with Crippen molar-refractivity contribution in [1.82, 2.24) is 0 Å². The minimum absolute atomic E-state index is 0.0405. The van der Waals surface area contributed by atoms with Crippen molar-refractivity contribution >= 4 is 21.7 Å². The van der Waals surface area contributed by atoms with Crippen LogP contribution in [0.2, 0.25) is 0 Å². The maximum absolute atomic E-state index is 11.8. The molecule has 1 unspecified atom stereocenters. The highest BCUT2D eigenvalue weighted by Crippen LogP contribution is 2.34. The third-order valence-corrected chi connectivity index (χ3v) is 3.87. The van der Waals surface area contributed by atoms with Crippen LogP contribution in [0.5, 0.6) is 5.75 Å². The molecule has 0 saturated carbocycles. The van der Waals surface area contributed by atoms with Crippen LogP contribution in [-0.4, -0.2) is 30.5 Å². The minimum Gasteiger partial charge on any atom is -0.506 e. The lowest BCUT2D eigenvalue weighted by molar-refractivity contribution is -0.117. The number of phenols is 1. The van der Waals surface area contributed by atoms with Gasteiger partial charge in [0, 0.05) is 18.9 Å². The molecule has 2 rings (SSSR count). The average Bonchev–Trinajstić information content (AvgIpc) is 2.69. The first-order valence-electron chi connectivity index (χ1n) is 5.56. The van der Waals surface area contributed by atoms with E-state index in [-0.39, 0.29) is 34.6 Å². The second-order valence-electron chi connectivity index (χ2n) is 4.33. The van der Waals surface area contributed by atoms with E-state index in [9.17, 15) is 18.3 Å². The average molecular weight is 283 g/mol. The topological polar surface area (TPSA) is 94.9 Å². The fourth-order valence-electron chi connectivity index (χ4n) is 2.01. The molecular formula is C12H13NO5S. The fourth-order valence-corrected chi connectivity index (χ4v) is 2.51. The summed E-state index contributed by atoms with van der Waals surface area (Å²) < 4.78 is 31.1. The van der Waals surface area contributed by atoms with Crippen LogP contribution < -0.4 is 4.90 Å². The van der Waals surface area contributed by atoms with E-state index in [0.29, 0.717) is 6.54 Å². The summed E-state index contributed by atoms with van der Waals surface area (Å²) in [6, 6.07) is 3.28. The van der Waals surface area contributed by atoms with Crippen LogP contribution in [0.3, 0.4) is 0 Å². The Hall–Kier alpha value is -1.86. The molecule has 0 spiro atoms. The van der Waals surface area contributed by atoms with Crippen LogP contribution in [0, 0.1) is 5.92 Å². The largest absolute Gasteiger partial charge is 0.506 e. The zero-order valence-corrected chi connectivity index (χ0v) is 10.8. The number of rotatable bonds is 3. The smallest absolute Gasteiger partial charge is 0.294 e. The molecule has 6 nitrogen and oxygen atoms in total. The van der Waals surface area contributed by atoms with Crippen molar-refractivity contribution in [3.63, 3.8) is 0 Å². The fraction of sp³-hybridized carbons (Fsp3) is 0.250. The highest BCUT2D eigenvalue weighted by molar-refractivity contribution is 7.85. The van der Waals surface area contributed by atoms with Crippen LogP contribution in [0.4, 0.5) is 5.69 Å². The van der Waals surface area contributed by atoms with Crippen LogP contribution in [0.15, 0.2) is 35.7 Å². The zero-order chi connectivity index (χ0) is 14.2. The molecule has 0 bridgehead atoms. The van der Waals surface area contributed by atoms with Gasteiger partial charge in [0.1, 0.15) is 5.75 Å². The van der Waals surface area contributed by atoms with Gasteiger partial charge in [0.05, 0.1) is 10.6 Å². The number of carbonyl (C=O) groups excluding carboxylic acids is 1. The van der Waals surface area contributed by atoms with Gasteiger partial charge in [-0.05, 0) is 18.2 Å². The van der Waals surface area contributed by atoms with Crippen molar-refractivity contribution in [3.05, 3.63) is 30.9 Å². The van der Waals surface area contributed by atoms with Gasteiger partial charge in [0.2, 0.25) is 5.91 Å². The van der Waals surface area contributed by atoms with Crippen molar-refractivity contribution < 1.29 is 22.9 Å². The van der Waals surface area contributed by atoms with Gasteiger partial charge < -0.3 is 10.0 Å². The zero-order valence-electron chi connectivity index (χ0n) is 9.98. The summed E-state index contributed by atoms with van der Waals surface area (Å²) in [6.45, 7) is 3.93. The molecule has 2 N–H and O–H groups in total. The van der Waals surface area contributed by atoms with Crippen molar-refractivity contribution in [2.45, 2.75) is 11.3 Å². The van der Waals surface area contributed by atoms with Gasteiger partial charge in [-0.1, -0.05) is 6.08 Å². The van der Waals surface area contributed by atoms with Gasteiger partial charge in [-0.3, -0.25) is 9.35 Å². The normalized spacial score (nSPS) is 19.7. The summed E-state index contributed by atoms with van der Waals surface area (Å²) in [5, 5.41) is 9.74. The van der Waals surface area contributed by atoms with E-state index < -0.39 is 10.1 Å². The van der Waals surface area contributed by atoms with Crippen LogP contribution in [0.25, 0.3) is 0 Å². The Balaban J connectivity index is 2.45. The molecule has 1 aromatic rings. The number of nitrogens with zero attached hydrogens (tertiary/aromatic N) is 1. The highest BCUT2D eigenvalue weighted by atomic mass is 32.2. The summed E-state index contributed by atoms with van der Waals surface area (Å²) in [4.78, 5) is 12.7. The van der Waals surface area contributed by atoms with Gasteiger partial charge >= 0.3 is 0 Å².